The minimum absolute atomic E-state index is 0.286. The van der Waals surface area contributed by atoms with Crippen molar-refractivity contribution in [2.24, 2.45) is 0 Å². The summed E-state index contributed by atoms with van der Waals surface area (Å²) in [6.45, 7) is 0.403. The van der Waals surface area contributed by atoms with Crippen molar-refractivity contribution in [1.29, 1.82) is 0 Å². The molecule has 0 fully saturated rings. The second-order valence-electron chi connectivity index (χ2n) is 7.21. The van der Waals surface area contributed by atoms with Gasteiger partial charge in [0.1, 0.15) is 0 Å². The van der Waals surface area contributed by atoms with Crippen molar-refractivity contribution in [2.75, 3.05) is 13.7 Å². The van der Waals surface area contributed by atoms with Gasteiger partial charge in [0.2, 0.25) is 0 Å². The number of methoxy groups -OCH3 is 1. The molecule has 3 aromatic rings. The summed E-state index contributed by atoms with van der Waals surface area (Å²) in [6.07, 6.45) is 3.32. The van der Waals surface area contributed by atoms with Crippen molar-refractivity contribution >= 4 is 35.2 Å². The number of fused-ring (bicyclic) bond motifs is 1. The zero-order chi connectivity index (χ0) is 21.8. The van der Waals surface area contributed by atoms with Crippen LogP contribution in [-0.4, -0.2) is 19.6 Å². The highest BCUT2D eigenvalue weighted by Gasteiger charge is 2.19. The number of rotatable bonds is 7. The summed E-state index contributed by atoms with van der Waals surface area (Å²) in [5.41, 5.74) is 4.53. The molecule has 31 heavy (non-hydrogen) atoms. The second kappa shape index (κ2) is 9.46. The fourth-order valence-electron chi connectivity index (χ4n) is 3.53. The third-order valence-corrected chi connectivity index (χ3v) is 5.62. The Morgan fingerprint density at radius 1 is 1.03 bits per heavy atom. The Morgan fingerprint density at radius 2 is 1.87 bits per heavy atom. The number of carbonyl (C=O) groups excluding carboxylic acids is 1. The zero-order valence-corrected chi connectivity index (χ0v) is 18.5. The Morgan fingerprint density at radius 3 is 2.65 bits per heavy atom. The molecule has 158 valence electrons. The van der Waals surface area contributed by atoms with Gasteiger partial charge in [0.25, 0.3) is 5.91 Å². The van der Waals surface area contributed by atoms with Gasteiger partial charge >= 0.3 is 0 Å². The summed E-state index contributed by atoms with van der Waals surface area (Å²) in [5.74, 6) is 0.647. The molecule has 0 saturated heterocycles. The quantitative estimate of drug-likeness (QED) is 0.480. The Balaban J connectivity index is 1.47. The molecule has 1 aliphatic rings. The highest BCUT2D eigenvalue weighted by atomic mass is 35.5. The lowest BCUT2D eigenvalue weighted by molar-refractivity contribution is 0.0965. The number of halogens is 2. The molecule has 4 nitrogen and oxygen atoms in total. The van der Waals surface area contributed by atoms with Crippen LogP contribution < -0.4 is 14.8 Å². The first-order valence-corrected chi connectivity index (χ1v) is 10.6. The molecular formula is C25H21Cl2NO3. The smallest absolute Gasteiger partial charge is 0.257 e. The lowest BCUT2D eigenvalue weighted by Gasteiger charge is -2.14. The molecule has 1 N–H and O–H groups in total. The van der Waals surface area contributed by atoms with Crippen molar-refractivity contribution < 1.29 is 14.3 Å². The summed E-state index contributed by atoms with van der Waals surface area (Å²) in [6, 6.07) is 18.9. The maximum atomic E-state index is 12.9. The van der Waals surface area contributed by atoms with Gasteiger partial charge in [-0.25, -0.2) is 0 Å². The number of hydrogen-bond donors (Lipinski definition) is 1. The van der Waals surface area contributed by atoms with Gasteiger partial charge in [-0.2, -0.15) is 0 Å². The molecule has 0 atom stereocenters. The molecule has 1 aliphatic carbocycles. The molecule has 4 rings (SSSR count). The first-order chi connectivity index (χ1) is 15.0. The van der Waals surface area contributed by atoms with Crippen molar-refractivity contribution in [3.05, 3.63) is 98.7 Å². The molecule has 0 spiro atoms. The lowest BCUT2D eigenvalue weighted by atomic mass is 10.1. The van der Waals surface area contributed by atoms with E-state index in [2.05, 4.69) is 11.4 Å². The summed E-state index contributed by atoms with van der Waals surface area (Å²) < 4.78 is 11.3. The normalized spacial score (nSPS) is 12.2. The Kier molecular flexibility index (Phi) is 6.50. The molecule has 0 aromatic heterocycles. The second-order valence-corrected chi connectivity index (χ2v) is 8.05. The molecule has 3 aromatic carbocycles. The topological polar surface area (TPSA) is 47.6 Å². The summed E-state index contributed by atoms with van der Waals surface area (Å²) in [4.78, 5) is 12.9. The van der Waals surface area contributed by atoms with Crippen molar-refractivity contribution in [3.63, 3.8) is 0 Å². The largest absolute Gasteiger partial charge is 0.493 e. The van der Waals surface area contributed by atoms with Crippen LogP contribution in [0.15, 0.2) is 66.4 Å². The van der Waals surface area contributed by atoms with E-state index in [0.29, 0.717) is 46.6 Å². The number of carbonyl (C=O) groups is 1. The zero-order valence-electron chi connectivity index (χ0n) is 17.0. The fourth-order valence-corrected chi connectivity index (χ4v) is 3.98. The predicted molar refractivity (Wildman–Crippen MR) is 124 cm³/mol. The van der Waals surface area contributed by atoms with Crippen molar-refractivity contribution in [3.8, 4) is 11.5 Å². The van der Waals surface area contributed by atoms with Crippen LogP contribution in [0.3, 0.4) is 0 Å². The maximum Gasteiger partial charge on any atom is 0.257 e. The van der Waals surface area contributed by atoms with E-state index in [1.807, 2.05) is 48.5 Å². The van der Waals surface area contributed by atoms with E-state index in [9.17, 15) is 4.79 Å². The van der Waals surface area contributed by atoms with Gasteiger partial charge in [-0.05, 0) is 41.0 Å². The highest BCUT2D eigenvalue weighted by Crippen LogP contribution is 2.34. The lowest BCUT2D eigenvalue weighted by Crippen LogP contribution is -2.23. The number of allylic oxidation sites excluding steroid dienone is 1. The molecular weight excluding hydrogens is 433 g/mol. The Bertz CT molecular complexity index is 1160. The first kappa shape index (κ1) is 21.3. The van der Waals surface area contributed by atoms with Gasteiger partial charge in [0.05, 0.1) is 24.3 Å². The van der Waals surface area contributed by atoms with Crippen LogP contribution in [0, 0.1) is 0 Å². The predicted octanol–water partition coefficient (Wildman–Crippen LogP) is 5.95. The SMILES string of the molecule is COc1cc(Cl)c(C(=O)NC2=Cc3ccccc3C2)cc1OCCc1cccc(Cl)c1. The van der Waals surface area contributed by atoms with Crippen LogP contribution in [0.2, 0.25) is 10.0 Å². The van der Waals surface area contributed by atoms with Gasteiger partial charge in [0, 0.05) is 29.6 Å². The Labute approximate surface area is 191 Å². The van der Waals surface area contributed by atoms with E-state index in [4.69, 9.17) is 32.7 Å². The van der Waals surface area contributed by atoms with E-state index < -0.39 is 0 Å². The van der Waals surface area contributed by atoms with Crippen LogP contribution in [-0.2, 0) is 12.8 Å². The van der Waals surface area contributed by atoms with Gasteiger partial charge < -0.3 is 14.8 Å². The molecule has 6 heteroatoms. The number of hydrogen-bond acceptors (Lipinski definition) is 3. The van der Waals surface area contributed by atoms with Gasteiger partial charge in [-0.3, -0.25) is 4.79 Å². The summed E-state index contributed by atoms with van der Waals surface area (Å²) in [7, 11) is 1.54. The van der Waals surface area contributed by atoms with E-state index in [0.717, 1.165) is 16.8 Å². The average Bonchev–Trinajstić information content (AvgIpc) is 3.16. The maximum absolute atomic E-state index is 12.9. The van der Waals surface area contributed by atoms with Crippen molar-refractivity contribution in [1.82, 2.24) is 5.32 Å². The molecule has 0 bridgehead atoms. The minimum Gasteiger partial charge on any atom is -0.493 e. The van der Waals surface area contributed by atoms with Crippen LogP contribution in [0.25, 0.3) is 6.08 Å². The molecule has 0 radical (unpaired) electrons. The van der Waals surface area contributed by atoms with Gasteiger partial charge in [-0.1, -0.05) is 59.6 Å². The van der Waals surface area contributed by atoms with E-state index in [-0.39, 0.29) is 5.91 Å². The van der Waals surface area contributed by atoms with Crippen LogP contribution in [0.4, 0.5) is 0 Å². The summed E-state index contributed by atoms with van der Waals surface area (Å²) in [5, 5.41) is 3.95. The Hall–Kier alpha value is -2.95. The average molecular weight is 454 g/mol. The van der Waals surface area contributed by atoms with Gasteiger partial charge in [0.15, 0.2) is 11.5 Å². The number of benzene rings is 3. The fraction of sp³-hybridized carbons (Fsp3) is 0.160. The third kappa shape index (κ3) is 5.04. The van der Waals surface area contributed by atoms with Crippen LogP contribution >= 0.6 is 23.2 Å². The molecule has 0 aliphatic heterocycles. The number of nitrogens with one attached hydrogen (secondary N) is 1. The standard InChI is InChI=1S/C25H21Cl2NO3/c1-30-23-15-22(27)21(14-24(23)31-10-9-16-5-4-8-19(26)11-16)25(29)28-20-12-17-6-2-3-7-18(17)13-20/h2-8,11-12,14-15H,9-10,13H2,1H3,(H,28,29). The van der Waals surface area contributed by atoms with Gasteiger partial charge in [-0.15, -0.1) is 0 Å². The monoisotopic (exact) mass is 453 g/mol. The first-order valence-electron chi connectivity index (χ1n) is 9.88. The third-order valence-electron chi connectivity index (χ3n) is 5.08. The molecule has 0 unspecified atom stereocenters. The van der Waals surface area contributed by atoms with Crippen LogP contribution in [0.1, 0.15) is 27.0 Å². The van der Waals surface area contributed by atoms with Crippen LogP contribution in [0.5, 0.6) is 11.5 Å². The van der Waals surface area contributed by atoms with E-state index in [1.165, 1.54) is 12.7 Å². The number of ether oxygens (including phenoxy) is 2. The molecule has 0 heterocycles. The molecule has 1 amide bonds. The highest BCUT2D eigenvalue weighted by molar-refractivity contribution is 6.34. The summed E-state index contributed by atoms with van der Waals surface area (Å²) >= 11 is 12.4. The minimum atomic E-state index is -0.286. The van der Waals surface area contributed by atoms with E-state index >= 15 is 0 Å². The molecule has 0 saturated carbocycles. The van der Waals surface area contributed by atoms with Crippen molar-refractivity contribution in [2.45, 2.75) is 12.8 Å². The van der Waals surface area contributed by atoms with E-state index in [1.54, 1.807) is 12.1 Å². The number of amides is 1.